The van der Waals surface area contributed by atoms with Gasteiger partial charge >= 0.3 is 0 Å². The highest BCUT2D eigenvalue weighted by atomic mass is 79.9. The molecule has 0 spiro atoms. The van der Waals surface area contributed by atoms with Crippen LogP contribution in [-0.4, -0.2) is 31.7 Å². The Hall–Kier alpha value is -1.29. The van der Waals surface area contributed by atoms with Gasteiger partial charge in [0.25, 0.3) is 0 Å². The lowest BCUT2D eigenvalue weighted by Gasteiger charge is -2.28. The molecule has 25 heavy (non-hydrogen) atoms. The number of rotatable bonds is 5. The minimum atomic E-state index is 0. The monoisotopic (exact) mass is 415 g/mol. The Bertz CT molecular complexity index is 792. The van der Waals surface area contributed by atoms with E-state index in [-0.39, 0.29) is 17.0 Å². The lowest BCUT2D eigenvalue weighted by atomic mass is 9.95. The quantitative estimate of drug-likeness (QED) is 0.455. The lowest BCUT2D eigenvalue weighted by Crippen LogP contribution is -3.00. The van der Waals surface area contributed by atoms with Gasteiger partial charge in [-0.25, -0.2) is 0 Å². The minimum Gasteiger partial charge on any atom is -1.00 e. The zero-order chi connectivity index (χ0) is 17.2. The third-order valence-electron chi connectivity index (χ3n) is 4.53. The molecule has 0 saturated heterocycles. The van der Waals surface area contributed by atoms with E-state index in [0.717, 1.165) is 24.0 Å². The van der Waals surface area contributed by atoms with Crippen LogP contribution in [0.3, 0.4) is 0 Å². The summed E-state index contributed by atoms with van der Waals surface area (Å²) in [7, 11) is 4.53. The number of nitrogens with zero attached hydrogens (tertiary/aromatic N) is 1. The van der Waals surface area contributed by atoms with Crippen molar-refractivity contribution < 1.29 is 21.5 Å². The van der Waals surface area contributed by atoms with Gasteiger partial charge in [0.15, 0.2) is 0 Å². The van der Waals surface area contributed by atoms with E-state index in [1.54, 1.807) is 0 Å². The van der Waals surface area contributed by atoms with E-state index in [1.165, 1.54) is 32.1 Å². The average Bonchev–Trinajstić information content (AvgIpc) is 2.54. The first-order valence-corrected chi connectivity index (χ1v) is 9.33. The van der Waals surface area contributed by atoms with Crippen molar-refractivity contribution in [1.82, 2.24) is 0 Å². The predicted octanol–water partition coefficient (Wildman–Crippen LogP) is 2.55. The van der Waals surface area contributed by atoms with Crippen LogP contribution in [0.1, 0.15) is 23.1 Å². The molecule has 0 N–H and O–H groups in total. The van der Waals surface area contributed by atoms with Crippen LogP contribution in [0, 0.1) is 6.92 Å². The van der Waals surface area contributed by atoms with Crippen molar-refractivity contribution in [3.05, 3.63) is 77.9 Å². The van der Waals surface area contributed by atoms with Gasteiger partial charge in [0.05, 0.1) is 27.2 Å². The molecule has 1 aliphatic heterocycles. The summed E-state index contributed by atoms with van der Waals surface area (Å²) in [6.07, 6.45) is 5.51. The van der Waals surface area contributed by atoms with E-state index in [0.29, 0.717) is 0 Å². The summed E-state index contributed by atoms with van der Waals surface area (Å²) in [5.74, 6) is 0. The first-order valence-electron chi connectivity index (χ1n) is 8.51. The molecule has 2 aromatic carbocycles. The molecular formula is C22H26BrNS. The van der Waals surface area contributed by atoms with Crippen LogP contribution < -0.4 is 17.0 Å². The van der Waals surface area contributed by atoms with Gasteiger partial charge in [-0.2, -0.15) is 0 Å². The summed E-state index contributed by atoms with van der Waals surface area (Å²) in [4.78, 5) is 2.73. The van der Waals surface area contributed by atoms with Gasteiger partial charge in [-0.05, 0) is 41.8 Å². The normalized spacial score (nSPS) is 14.4. The van der Waals surface area contributed by atoms with Gasteiger partial charge < -0.3 is 21.5 Å². The van der Waals surface area contributed by atoms with Crippen molar-refractivity contribution in [2.75, 3.05) is 27.2 Å². The third kappa shape index (κ3) is 4.66. The summed E-state index contributed by atoms with van der Waals surface area (Å²) in [6.45, 7) is 8.18. The van der Waals surface area contributed by atoms with Gasteiger partial charge in [-0.3, -0.25) is 0 Å². The third-order valence-corrected chi connectivity index (χ3v) is 5.68. The molecule has 3 heteroatoms. The summed E-state index contributed by atoms with van der Waals surface area (Å²) in [5.41, 5.74) is 5.46. The van der Waals surface area contributed by atoms with Crippen LogP contribution in [0.15, 0.2) is 71.0 Å². The Morgan fingerprint density at radius 2 is 1.76 bits per heavy atom. The van der Waals surface area contributed by atoms with Gasteiger partial charge in [-0.15, -0.1) is 0 Å². The molecule has 0 atom stereocenters. The second-order valence-electron chi connectivity index (χ2n) is 7.13. The Balaban J connectivity index is 0.00000225. The Morgan fingerprint density at radius 3 is 2.52 bits per heavy atom. The molecule has 0 saturated carbocycles. The maximum absolute atomic E-state index is 3.88. The molecule has 3 rings (SSSR count). The van der Waals surface area contributed by atoms with E-state index in [4.69, 9.17) is 0 Å². The predicted molar refractivity (Wildman–Crippen MR) is 105 cm³/mol. The molecule has 0 amide bonds. The van der Waals surface area contributed by atoms with E-state index in [1.807, 2.05) is 17.8 Å². The summed E-state index contributed by atoms with van der Waals surface area (Å²) >= 11 is 1.88. The SMILES string of the molecule is C=CC[N+](C)(C)CCC=C1c2ccccc2Sc2ccc(C)cc21.[Br-]. The number of likely N-dealkylation sites (N-methyl/N-ethyl adjacent to an activating group) is 1. The van der Waals surface area contributed by atoms with Gasteiger partial charge in [0, 0.05) is 16.2 Å². The molecule has 1 heterocycles. The van der Waals surface area contributed by atoms with Gasteiger partial charge in [-0.1, -0.05) is 60.3 Å². The van der Waals surface area contributed by atoms with Crippen molar-refractivity contribution in [3.8, 4) is 0 Å². The zero-order valence-electron chi connectivity index (χ0n) is 15.3. The van der Waals surface area contributed by atoms with Gasteiger partial charge in [0.1, 0.15) is 0 Å². The number of hydrogen-bond acceptors (Lipinski definition) is 1. The Morgan fingerprint density at radius 1 is 1.04 bits per heavy atom. The van der Waals surface area contributed by atoms with Crippen LogP contribution in [0.4, 0.5) is 0 Å². The molecule has 0 aromatic heterocycles. The molecule has 0 fully saturated rings. The molecule has 0 unspecified atom stereocenters. The van der Waals surface area contributed by atoms with Crippen molar-refractivity contribution in [1.29, 1.82) is 0 Å². The topological polar surface area (TPSA) is 0 Å². The first kappa shape index (κ1) is 20.0. The Labute approximate surface area is 166 Å². The Kier molecular flexibility index (Phi) is 6.72. The maximum atomic E-state index is 3.88. The minimum absolute atomic E-state index is 0. The fourth-order valence-corrected chi connectivity index (χ4v) is 4.29. The number of hydrogen-bond donors (Lipinski definition) is 0. The number of quaternary nitrogens is 1. The van der Waals surface area contributed by atoms with Crippen molar-refractivity contribution in [3.63, 3.8) is 0 Å². The largest absolute Gasteiger partial charge is 1.00 e. The van der Waals surface area contributed by atoms with Crippen molar-refractivity contribution in [2.24, 2.45) is 0 Å². The van der Waals surface area contributed by atoms with Crippen LogP contribution in [0.5, 0.6) is 0 Å². The molecular weight excluding hydrogens is 390 g/mol. The number of fused-ring (bicyclic) bond motifs is 2. The van der Waals surface area contributed by atoms with E-state index in [2.05, 4.69) is 76.1 Å². The number of halogens is 1. The lowest BCUT2D eigenvalue weighted by molar-refractivity contribution is -0.884. The maximum Gasteiger partial charge on any atom is 0.0967 e. The molecule has 0 radical (unpaired) electrons. The number of aryl methyl sites for hydroxylation is 1. The van der Waals surface area contributed by atoms with Crippen LogP contribution >= 0.6 is 11.8 Å². The number of benzene rings is 2. The molecule has 1 nitrogen and oxygen atoms in total. The summed E-state index contributed by atoms with van der Waals surface area (Å²) in [5, 5.41) is 0. The standard InChI is InChI=1S/C22H26NS.BrH/c1-5-14-23(3,4)15-8-10-18-19-9-6-7-11-21(19)24-22-13-12-17(2)16-20(18)22;/h5-7,9-13,16H,1,8,14-15H2,2-4H3;1H/q+1;/p-1. The average molecular weight is 416 g/mol. The molecule has 0 aliphatic carbocycles. The smallest absolute Gasteiger partial charge is 0.0967 e. The van der Waals surface area contributed by atoms with E-state index < -0.39 is 0 Å². The second-order valence-corrected chi connectivity index (χ2v) is 8.22. The summed E-state index contributed by atoms with van der Waals surface area (Å²) in [6, 6.07) is 15.6. The van der Waals surface area contributed by atoms with Crippen molar-refractivity contribution in [2.45, 2.75) is 23.1 Å². The van der Waals surface area contributed by atoms with E-state index >= 15 is 0 Å². The van der Waals surface area contributed by atoms with Crippen LogP contribution in [-0.2, 0) is 0 Å². The zero-order valence-corrected chi connectivity index (χ0v) is 17.7. The molecule has 0 bridgehead atoms. The van der Waals surface area contributed by atoms with Crippen LogP contribution in [0.2, 0.25) is 0 Å². The fraction of sp³-hybridized carbons (Fsp3) is 0.273. The van der Waals surface area contributed by atoms with Crippen LogP contribution in [0.25, 0.3) is 5.57 Å². The first-order chi connectivity index (χ1) is 11.5. The highest BCUT2D eigenvalue weighted by Crippen LogP contribution is 2.45. The van der Waals surface area contributed by atoms with Gasteiger partial charge in [0.2, 0.25) is 0 Å². The second kappa shape index (κ2) is 8.39. The van der Waals surface area contributed by atoms with Crippen molar-refractivity contribution >= 4 is 17.3 Å². The highest BCUT2D eigenvalue weighted by molar-refractivity contribution is 7.99. The highest BCUT2D eigenvalue weighted by Gasteiger charge is 2.21. The molecule has 1 aliphatic rings. The fourth-order valence-electron chi connectivity index (χ4n) is 3.20. The van der Waals surface area contributed by atoms with E-state index in [9.17, 15) is 0 Å². The summed E-state index contributed by atoms with van der Waals surface area (Å²) < 4.78 is 0.977. The molecule has 132 valence electrons. The molecule has 2 aromatic rings.